The van der Waals surface area contributed by atoms with Crippen LogP contribution in [0, 0.1) is 3.57 Å². The molecule has 0 bridgehead atoms. The summed E-state index contributed by atoms with van der Waals surface area (Å²) in [6.07, 6.45) is -10.2. The van der Waals surface area contributed by atoms with Gasteiger partial charge in [-0.3, -0.25) is 0 Å². The number of rotatable bonds is 3. The monoisotopic (exact) mass is 400 g/mol. The largest absolute Gasteiger partial charge is 0.573 e. The van der Waals surface area contributed by atoms with E-state index in [9.17, 15) is 26.3 Å². The third kappa shape index (κ3) is 4.32. The molecule has 2 nitrogen and oxygen atoms in total. The summed E-state index contributed by atoms with van der Waals surface area (Å²) < 4.78 is 82.4. The summed E-state index contributed by atoms with van der Waals surface area (Å²) in [4.78, 5) is 0. The zero-order valence-corrected chi connectivity index (χ0v) is 11.5. The molecule has 0 aliphatic rings. The van der Waals surface area contributed by atoms with Crippen molar-refractivity contribution < 1.29 is 35.8 Å². The predicted octanol–water partition coefficient (Wildman–Crippen LogP) is 4.61. The van der Waals surface area contributed by atoms with Crippen LogP contribution in [0.1, 0.15) is 12.5 Å². The van der Waals surface area contributed by atoms with Gasteiger partial charge in [0.05, 0.1) is 10.2 Å². The normalized spacial score (nSPS) is 12.4. The first-order chi connectivity index (χ1) is 8.56. The van der Waals surface area contributed by atoms with Crippen molar-refractivity contribution in [2.24, 2.45) is 0 Å². The quantitative estimate of drug-likeness (QED) is 0.545. The fourth-order valence-corrected chi connectivity index (χ4v) is 2.19. The van der Waals surface area contributed by atoms with Crippen LogP contribution in [-0.2, 0) is 6.18 Å². The lowest BCUT2D eigenvalue weighted by Gasteiger charge is -2.18. The van der Waals surface area contributed by atoms with Crippen molar-refractivity contribution in [3.8, 4) is 11.5 Å². The summed E-state index contributed by atoms with van der Waals surface area (Å²) in [5.41, 5.74) is -1.50. The van der Waals surface area contributed by atoms with E-state index in [4.69, 9.17) is 4.74 Å². The van der Waals surface area contributed by atoms with E-state index in [0.717, 1.165) is 6.07 Å². The fourth-order valence-electron chi connectivity index (χ4n) is 1.28. The molecule has 0 unspecified atom stereocenters. The first kappa shape index (κ1) is 16.2. The summed E-state index contributed by atoms with van der Waals surface area (Å²) in [7, 11) is 0. The molecule has 0 saturated heterocycles. The molecular formula is C10H7F6IO2. The average molecular weight is 400 g/mol. The Kier molecular flexibility index (Phi) is 4.80. The second kappa shape index (κ2) is 5.63. The fraction of sp³-hybridized carbons (Fsp3) is 0.400. The first-order valence-electron chi connectivity index (χ1n) is 4.84. The van der Waals surface area contributed by atoms with Crippen molar-refractivity contribution in [3.63, 3.8) is 0 Å². The van der Waals surface area contributed by atoms with Crippen LogP contribution >= 0.6 is 22.6 Å². The summed E-state index contributed by atoms with van der Waals surface area (Å²) in [5.74, 6) is -1.45. The van der Waals surface area contributed by atoms with E-state index in [0.29, 0.717) is 6.07 Å². The van der Waals surface area contributed by atoms with Crippen LogP contribution in [0.2, 0.25) is 0 Å². The Labute approximate surface area is 117 Å². The van der Waals surface area contributed by atoms with Crippen LogP contribution in [-0.4, -0.2) is 13.0 Å². The van der Waals surface area contributed by atoms with Gasteiger partial charge in [0.2, 0.25) is 0 Å². The highest BCUT2D eigenvalue weighted by molar-refractivity contribution is 14.1. The van der Waals surface area contributed by atoms with Gasteiger partial charge in [0.25, 0.3) is 0 Å². The number of benzene rings is 1. The third-order valence-electron chi connectivity index (χ3n) is 1.88. The second-order valence-electron chi connectivity index (χ2n) is 3.23. The van der Waals surface area contributed by atoms with Gasteiger partial charge in [-0.1, -0.05) is 0 Å². The molecule has 1 rings (SSSR count). The lowest BCUT2D eigenvalue weighted by molar-refractivity contribution is -0.276. The Bertz CT molecular complexity index is 455. The molecule has 108 valence electrons. The molecule has 0 aliphatic carbocycles. The molecule has 0 N–H and O–H groups in total. The van der Waals surface area contributed by atoms with Crippen LogP contribution in [0.5, 0.6) is 11.5 Å². The Balaban J connectivity index is 3.36. The predicted molar refractivity (Wildman–Crippen MR) is 62.0 cm³/mol. The van der Waals surface area contributed by atoms with Crippen molar-refractivity contribution in [1.29, 1.82) is 0 Å². The van der Waals surface area contributed by atoms with Crippen LogP contribution < -0.4 is 9.47 Å². The van der Waals surface area contributed by atoms with Gasteiger partial charge < -0.3 is 9.47 Å². The van der Waals surface area contributed by atoms with E-state index in [1.165, 1.54) is 22.6 Å². The van der Waals surface area contributed by atoms with Crippen LogP contribution in [0.25, 0.3) is 0 Å². The number of halogens is 7. The second-order valence-corrected chi connectivity index (χ2v) is 4.31. The first-order valence-corrected chi connectivity index (χ1v) is 5.92. The zero-order valence-electron chi connectivity index (χ0n) is 9.32. The Morgan fingerprint density at radius 3 is 2.00 bits per heavy atom. The molecular weight excluding hydrogens is 393 g/mol. The molecule has 1 aromatic carbocycles. The summed E-state index contributed by atoms with van der Waals surface area (Å²) in [6.45, 7) is 1.64. The van der Waals surface area contributed by atoms with Crippen LogP contribution in [0.15, 0.2) is 12.1 Å². The van der Waals surface area contributed by atoms with E-state index in [2.05, 4.69) is 4.74 Å². The smallest absolute Gasteiger partial charge is 0.493 e. The van der Waals surface area contributed by atoms with Crippen molar-refractivity contribution in [2.45, 2.75) is 19.5 Å². The lowest BCUT2D eigenvalue weighted by atomic mass is 10.2. The minimum Gasteiger partial charge on any atom is -0.493 e. The zero-order chi connectivity index (χ0) is 14.8. The van der Waals surface area contributed by atoms with Gasteiger partial charge >= 0.3 is 12.5 Å². The highest BCUT2D eigenvalue weighted by atomic mass is 127. The summed E-state index contributed by atoms with van der Waals surface area (Å²) in [6, 6.07) is 1.59. The highest BCUT2D eigenvalue weighted by Crippen LogP contribution is 2.44. The minimum atomic E-state index is -5.20. The summed E-state index contributed by atoms with van der Waals surface area (Å²) in [5, 5.41) is 0. The Morgan fingerprint density at radius 1 is 1.05 bits per heavy atom. The molecule has 0 spiro atoms. The van der Waals surface area contributed by atoms with Gasteiger partial charge in [-0.15, -0.1) is 13.2 Å². The number of alkyl halides is 6. The van der Waals surface area contributed by atoms with E-state index >= 15 is 0 Å². The van der Waals surface area contributed by atoms with E-state index in [-0.39, 0.29) is 12.4 Å². The highest BCUT2D eigenvalue weighted by Gasteiger charge is 2.42. The van der Waals surface area contributed by atoms with Crippen molar-refractivity contribution in [2.75, 3.05) is 6.61 Å². The van der Waals surface area contributed by atoms with Crippen LogP contribution in [0.3, 0.4) is 0 Å². The maximum absolute atomic E-state index is 12.8. The number of hydrogen-bond acceptors (Lipinski definition) is 2. The van der Waals surface area contributed by atoms with Gasteiger partial charge in [0.15, 0.2) is 0 Å². The SMILES string of the molecule is CCOc1ccc(OC(F)(F)F)c(C(F)(F)F)c1I. The maximum atomic E-state index is 12.8. The van der Waals surface area contributed by atoms with Crippen molar-refractivity contribution >= 4 is 22.6 Å². The molecule has 0 heterocycles. The molecule has 0 aliphatic heterocycles. The van der Waals surface area contributed by atoms with E-state index in [1.54, 1.807) is 6.92 Å². The summed E-state index contributed by atoms with van der Waals surface area (Å²) >= 11 is 1.27. The molecule has 9 heteroatoms. The molecule has 0 atom stereocenters. The van der Waals surface area contributed by atoms with Crippen LogP contribution in [0.4, 0.5) is 26.3 Å². The number of ether oxygens (including phenoxy) is 2. The van der Waals surface area contributed by atoms with E-state index in [1.807, 2.05) is 0 Å². The van der Waals surface area contributed by atoms with Gasteiger partial charge in [-0.2, -0.15) is 13.2 Å². The topological polar surface area (TPSA) is 18.5 Å². The average Bonchev–Trinajstić information content (AvgIpc) is 2.18. The van der Waals surface area contributed by atoms with E-state index < -0.39 is 27.4 Å². The van der Waals surface area contributed by atoms with Crippen molar-refractivity contribution in [3.05, 3.63) is 21.3 Å². The minimum absolute atomic E-state index is 0.0901. The molecule has 0 fully saturated rings. The maximum Gasteiger partial charge on any atom is 0.573 e. The van der Waals surface area contributed by atoms with Gasteiger partial charge in [0.1, 0.15) is 17.1 Å². The van der Waals surface area contributed by atoms with Gasteiger partial charge in [-0.05, 0) is 41.6 Å². The standard InChI is InChI=1S/C10H7F6IO2/c1-2-18-6-4-3-5(19-10(14,15)16)7(8(6)17)9(11,12)13/h3-4H,2H2,1H3. The third-order valence-corrected chi connectivity index (χ3v) is 2.95. The van der Waals surface area contributed by atoms with Gasteiger partial charge in [-0.25, -0.2) is 0 Å². The molecule has 0 aromatic heterocycles. The molecule has 0 saturated carbocycles. The number of hydrogen-bond donors (Lipinski definition) is 0. The Hall–Kier alpha value is -0.870. The molecule has 1 aromatic rings. The molecule has 19 heavy (non-hydrogen) atoms. The van der Waals surface area contributed by atoms with Crippen molar-refractivity contribution in [1.82, 2.24) is 0 Å². The molecule has 0 amide bonds. The molecule has 0 radical (unpaired) electrons. The lowest BCUT2D eigenvalue weighted by Crippen LogP contribution is -2.21. The Morgan fingerprint density at radius 2 is 1.58 bits per heavy atom. The van der Waals surface area contributed by atoms with Gasteiger partial charge in [0, 0.05) is 0 Å².